The molecular formula is C38H59N5O7S. The minimum Gasteiger partial charge on any atom is -0.469 e. The molecule has 0 saturated carbocycles. The first-order valence-corrected chi connectivity index (χ1v) is 18.8. The molecule has 12 nitrogen and oxygen atoms in total. The molecule has 0 unspecified atom stereocenters. The quantitative estimate of drug-likeness (QED) is 0.111. The minimum absolute atomic E-state index is 0.0361. The van der Waals surface area contributed by atoms with Crippen LogP contribution in [-0.2, 0) is 35.1 Å². The Labute approximate surface area is 307 Å². The zero-order valence-electron chi connectivity index (χ0n) is 31.8. The summed E-state index contributed by atoms with van der Waals surface area (Å²) in [5, 5.41) is 11.1. The molecule has 2 rings (SSSR count). The van der Waals surface area contributed by atoms with Gasteiger partial charge in [-0.3, -0.25) is 24.0 Å². The van der Waals surface area contributed by atoms with E-state index in [0.29, 0.717) is 24.3 Å². The van der Waals surface area contributed by atoms with Crippen LogP contribution in [0.1, 0.15) is 107 Å². The van der Waals surface area contributed by atoms with Crippen LogP contribution in [0.3, 0.4) is 0 Å². The lowest BCUT2D eigenvalue weighted by Gasteiger charge is -2.36. The SMILES string of the molecule is CNCCCCCC(=O)N[C@H](C(=O)N(C)[C@H](C[C@@H](OC(C)=O)c1nc(C(=O)N[C@@H](Cc2ccccc2)C[C@H](C)C(=O)OC)cs1)C(C)C)C(C)C. The van der Waals surface area contributed by atoms with Crippen molar-refractivity contribution in [1.29, 1.82) is 0 Å². The van der Waals surface area contributed by atoms with Gasteiger partial charge in [0.25, 0.3) is 5.91 Å². The second-order valence-corrected chi connectivity index (χ2v) is 14.8. The molecule has 0 spiro atoms. The van der Waals surface area contributed by atoms with Gasteiger partial charge < -0.3 is 30.3 Å². The number of aromatic nitrogens is 1. The molecule has 5 atom stereocenters. The molecule has 0 fully saturated rings. The normalized spacial score (nSPS) is 14.3. The van der Waals surface area contributed by atoms with Crippen molar-refractivity contribution < 1.29 is 33.4 Å². The number of carbonyl (C=O) groups excluding carboxylic acids is 5. The van der Waals surface area contributed by atoms with Gasteiger partial charge in [0.2, 0.25) is 11.8 Å². The van der Waals surface area contributed by atoms with Crippen LogP contribution >= 0.6 is 11.3 Å². The molecule has 0 aliphatic rings. The summed E-state index contributed by atoms with van der Waals surface area (Å²) in [5.41, 5.74) is 1.17. The highest BCUT2D eigenvalue weighted by Crippen LogP contribution is 2.31. The van der Waals surface area contributed by atoms with Crippen LogP contribution in [0.25, 0.3) is 0 Å². The molecule has 2 aromatic rings. The highest BCUT2D eigenvalue weighted by Gasteiger charge is 2.35. The predicted molar refractivity (Wildman–Crippen MR) is 199 cm³/mol. The number of unbranched alkanes of at least 4 members (excludes halogenated alkanes) is 2. The van der Waals surface area contributed by atoms with Gasteiger partial charge in [0.15, 0.2) is 6.10 Å². The second-order valence-electron chi connectivity index (χ2n) is 13.9. The van der Waals surface area contributed by atoms with Crippen LogP contribution < -0.4 is 16.0 Å². The van der Waals surface area contributed by atoms with Crippen molar-refractivity contribution in [2.75, 3.05) is 27.7 Å². The Bertz CT molecular complexity index is 1400. The molecule has 0 aliphatic carbocycles. The highest BCUT2D eigenvalue weighted by atomic mass is 32.1. The number of nitrogens with one attached hydrogen (secondary N) is 3. The van der Waals surface area contributed by atoms with E-state index in [9.17, 15) is 24.0 Å². The van der Waals surface area contributed by atoms with Crippen molar-refractivity contribution in [3.63, 3.8) is 0 Å². The summed E-state index contributed by atoms with van der Waals surface area (Å²) in [4.78, 5) is 70.9. The van der Waals surface area contributed by atoms with Gasteiger partial charge in [-0.2, -0.15) is 0 Å². The average Bonchev–Trinajstić information content (AvgIpc) is 3.58. The average molecular weight is 730 g/mol. The lowest BCUT2D eigenvalue weighted by atomic mass is 9.94. The van der Waals surface area contributed by atoms with Gasteiger partial charge in [0.05, 0.1) is 13.0 Å². The number of hydrogen-bond acceptors (Lipinski definition) is 10. The van der Waals surface area contributed by atoms with E-state index in [4.69, 9.17) is 9.47 Å². The topological polar surface area (TPSA) is 156 Å². The number of hydrogen-bond donors (Lipinski definition) is 3. The Kier molecular flexibility index (Phi) is 18.8. The van der Waals surface area contributed by atoms with Crippen LogP contribution in [0, 0.1) is 17.8 Å². The molecule has 1 aromatic heterocycles. The van der Waals surface area contributed by atoms with Crippen LogP contribution in [-0.4, -0.2) is 85.4 Å². The van der Waals surface area contributed by atoms with Crippen molar-refractivity contribution in [3.05, 3.63) is 52.0 Å². The Morgan fingerprint density at radius 3 is 2.20 bits per heavy atom. The summed E-state index contributed by atoms with van der Waals surface area (Å²) < 4.78 is 10.7. The first-order valence-electron chi connectivity index (χ1n) is 17.9. The van der Waals surface area contributed by atoms with Gasteiger partial charge in [-0.1, -0.05) is 71.4 Å². The van der Waals surface area contributed by atoms with E-state index in [1.54, 1.807) is 24.3 Å². The Balaban J connectivity index is 2.24. The van der Waals surface area contributed by atoms with Gasteiger partial charge in [0, 0.05) is 44.3 Å². The fourth-order valence-electron chi connectivity index (χ4n) is 6.02. The van der Waals surface area contributed by atoms with Gasteiger partial charge in [-0.15, -0.1) is 11.3 Å². The van der Waals surface area contributed by atoms with E-state index in [0.717, 1.165) is 31.4 Å². The fourth-order valence-corrected chi connectivity index (χ4v) is 6.86. The summed E-state index contributed by atoms with van der Waals surface area (Å²) in [6.45, 7) is 11.7. The Morgan fingerprint density at radius 1 is 0.922 bits per heavy atom. The van der Waals surface area contributed by atoms with Gasteiger partial charge >= 0.3 is 11.9 Å². The smallest absolute Gasteiger partial charge is 0.308 e. The monoisotopic (exact) mass is 729 g/mol. The third-order valence-electron chi connectivity index (χ3n) is 8.89. The molecule has 3 amide bonds. The molecule has 51 heavy (non-hydrogen) atoms. The molecule has 1 heterocycles. The fraction of sp³-hybridized carbons (Fsp3) is 0.632. The van der Waals surface area contributed by atoms with Crippen molar-refractivity contribution in [3.8, 4) is 0 Å². The molecule has 284 valence electrons. The largest absolute Gasteiger partial charge is 0.469 e. The van der Waals surface area contributed by atoms with Crippen molar-refractivity contribution in [2.45, 2.75) is 111 Å². The van der Waals surface area contributed by atoms with E-state index >= 15 is 0 Å². The Morgan fingerprint density at radius 2 is 1.61 bits per heavy atom. The summed E-state index contributed by atoms with van der Waals surface area (Å²) >= 11 is 1.20. The van der Waals surface area contributed by atoms with Crippen LogP contribution in [0.5, 0.6) is 0 Å². The molecule has 1 aromatic carbocycles. The third kappa shape index (κ3) is 14.7. The number of carbonyl (C=O) groups is 5. The number of rotatable bonds is 22. The van der Waals surface area contributed by atoms with E-state index in [1.165, 1.54) is 25.4 Å². The standard InChI is InChI=1S/C38H59N5O7S/c1-24(2)31(43(8)37(47)34(25(3)4)42-33(45)18-14-11-15-19-39-7)22-32(50-27(6)44)36-41-30(23-51-36)35(46)40-29(20-26(5)38(48)49-9)21-28-16-12-10-13-17-28/h10,12-13,16-17,23-26,29,31-32,34,39H,11,14-15,18-22H2,1-9H3,(H,40,46)(H,42,45)/t26-,29+,31+,32+,34-/m0/s1. The first-order chi connectivity index (χ1) is 24.2. The number of thiazole rings is 1. The summed E-state index contributed by atoms with van der Waals surface area (Å²) in [6.07, 6.45) is 3.29. The molecule has 3 N–H and O–H groups in total. The second kappa shape index (κ2) is 22.2. The van der Waals surface area contributed by atoms with Gasteiger partial charge in [-0.25, -0.2) is 4.98 Å². The maximum Gasteiger partial charge on any atom is 0.308 e. The van der Waals surface area contributed by atoms with E-state index in [2.05, 4.69) is 20.9 Å². The van der Waals surface area contributed by atoms with E-state index < -0.39 is 29.9 Å². The van der Waals surface area contributed by atoms with Crippen LogP contribution in [0.15, 0.2) is 35.7 Å². The van der Waals surface area contributed by atoms with Crippen molar-refractivity contribution >= 4 is 41.0 Å². The van der Waals surface area contributed by atoms with E-state index in [-0.39, 0.29) is 53.8 Å². The first kappa shape index (κ1) is 43.3. The maximum absolute atomic E-state index is 13.9. The number of nitrogens with zero attached hydrogens (tertiary/aromatic N) is 2. The van der Waals surface area contributed by atoms with Gasteiger partial charge in [0.1, 0.15) is 16.7 Å². The molecule has 0 radical (unpaired) electrons. The maximum atomic E-state index is 13.9. The summed E-state index contributed by atoms with van der Waals surface area (Å²) in [7, 11) is 4.95. The third-order valence-corrected chi connectivity index (χ3v) is 9.83. The zero-order chi connectivity index (χ0) is 38.1. The minimum atomic E-state index is -0.819. The van der Waals surface area contributed by atoms with Crippen molar-refractivity contribution in [2.24, 2.45) is 17.8 Å². The number of esters is 2. The van der Waals surface area contributed by atoms with E-state index in [1.807, 2.05) is 65.1 Å². The predicted octanol–water partition coefficient (Wildman–Crippen LogP) is 5.08. The molecular weight excluding hydrogens is 671 g/mol. The van der Waals surface area contributed by atoms with Crippen LogP contribution in [0.2, 0.25) is 0 Å². The lowest BCUT2D eigenvalue weighted by molar-refractivity contribution is -0.149. The molecule has 0 saturated heterocycles. The molecule has 0 bridgehead atoms. The highest BCUT2D eigenvalue weighted by molar-refractivity contribution is 7.09. The molecule has 13 heteroatoms. The summed E-state index contributed by atoms with van der Waals surface area (Å²) in [6, 6.07) is 8.21. The van der Waals surface area contributed by atoms with Crippen LogP contribution in [0.4, 0.5) is 0 Å². The number of benzene rings is 1. The lowest BCUT2D eigenvalue weighted by Crippen LogP contribution is -2.54. The summed E-state index contributed by atoms with van der Waals surface area (Å²) in [5.74, 6) is -2.28. The molecule has 0 aliphatic heterocycles. The Hall–Kier alpha value is -3.84. The van der Waals surface area contributed by atoms with Crippen molar-refractivity contribution in [1.82, 2.24) is 25.8 Å². The number of likely N-dealkylation sites (N-methyl/N-ethyl adjacent to an activating group) is 1. The number of methoxy groups -OCH3 is 1. The zero-order valence-corrected chi connectivity index (χ0v) is 32.6. The van der Waals surface area contributed by atoms with Gasteiger partial charge in [-0.05, 0) is 56.7 Å². The number of ether oxygens (including phenoxy) is 2. The number of amides is 3.